The number of allylic oxidation sites excluding steroid dienone is 1. The van der Waals surface area contributed by atoms with Gasteiger partial charge in [-0.25, -0.2) is 10.9 Å². The zero-order valence-electron chi connectivity index (χ0n) is 10.9. The topological polar surface area (TPSA) is 110 Å². The molecular weight excluding hydrogens is 228 g/mol. The lowest BCUT2D eigenvalue weighted by Gasteiger charge is -2.10. The molecular formula is C12H16N6. The van der Waals surface area contributed by atoms with Gasteiger partial charge in [-0.3, -0.25) is 0 Å². The molecule has 1 N–H and O–H groups in total. The number of rotatable bonds is 4. The van der Waals surface area contributed by atoms with Crippen LogP contribution in [0, 0.1) is 34.0 Å². The van der Waals surface area contributed by atoms with Crippen molar-refractivity contribution < 1.29 is 4.90 Å². The minimum absolute atomic E-state index is 0.497. The van der Waals surface area contributed by atoms with Crippen LogP contribution in [-0.2, 0) is 0 Å². The third-order valence-corrected chi connectivity index (χ3v) is 2.15. The molecule has 0 saturated carbocycles. The molecule has 0 atom stereocenters. The van der Waals surface area contributed by atoms with E-state index in [1.165, 1.54) is 43.7 Å². The van der Waals surface area contributed by atoms with Crippen LogP contribution in [0.4, 0.5) is 0 Å². The summed E-state index contributed by atoms with van der Waals surface area (Å²) in [4.78, 5) is 4.82. The highest BCUT2D eigenvalue weighted by Crippen LogP contribution is 1.88. The summed E-state index contributed by atoms with van der Waals surface area (Å²) in [6, 6.07) is 4.25. The summed E-state index contributed by atoms with van der Waals surface area (Å²) in [6.45, 7) is 10.5. The van der Waals surface area contributed by atoms with Crippen LogP contribution in [0.1, 0.15) is 20.8 Å². The number of nitriles is 3. The fourth-order valence-corrected chi connectivity index (χ4v) is 1.01. The number of quaternary nitrogens is 1. The van der Waals surface area contributed by atoms with E-state index in [-0.39, 0.29) is 0 Å². The van der Waals surface area contributed by atoms with Crippen molar-refractivity contribution in [2.24, 2.45) is 4.99 Å². The van der Waals surface area contributed by atoms with Crippen molar-refractivity contribution in [3.8, 4) is 18.2 Å². The van der Waals surface area contributed by atoms with Gasteiger partial charge in [-0.1, -0.05) is 0 Å². The zero-order valence-corrected chi connectivity index (χ0v) is 10.9. The third kappa shape index (κ3) is 8.83. The number of aliphatic imine (C=N–C) groups is 1. The van der Waals surface area contributed by atoms with E-state index in [0.29, 0.717) is 0 Å². The lowest BCUT2D eigenvalue weighted by molar-refractivity contribution is -0.894. The second-order valence-corrected chi connectivity index (χ2v) is 3.07. The van der Waals surface area contributed by atoms with E-state index < -0.39 is 11.4 Å². The normalized spacial score (nSPS) is 7.61. The highest BCUT2D eigenvalue weighted by Gasteiger charge is 1.94. The Morgan fingerprint density at radius 1 is 1.00 bits per heavy atom. The third-order valence-electron chi connectivity index (χ3n) is 2.15. The van der Waals surface area contributed by atoms with Gasteiger partial charge in [0.1, 0.15) is 18.2 Å². The van der Waals surface area contributed by atoms with Crippen molar-refractivity contribution in [2.75, 3.05) is 19.6 Å². The summed E-state index contributed by atoms with van der Waals surface area (Å²) >= 11 is 0. The molecule has 0 aliphatic heterocycles. The summed E-state index contributed by atoms with van der Waals surface area (Å²) in [7, 11) is 0. The van der Waals surface area contributed by atoms with Gasteiger partial charge in [-0.05, 0) is 20.8 Å². The standard InChI is InChI=1S/C6N5.C6H15N/c7-1-5(2-8)11-6(3-9)4-10;1-4-7(5-2)6-3/h;4-6H2,1-3H3/q-1;/p+1. The predicted octanol–water partition coefficient (Wildman–Crippen LogP) is 0.0521. The van der Waals surface area contributed by atoms with E-state index >= 15 is 0 Å². The highest BCUT2D eigenvalue weighted by atomic mass is 15.1. The molecule has 0 aromatic carbocycles. The van der Waals surface area contributed by atoms with Gasteiger partial charge in [0.2, 0.25) is 5.71 Å². The summed E-state index contributed by atoms with van der Waals surface area (Å²) < 4.78 is 0. The predicted molar refractivity (Wildman–Crippen MR) is 68.7 cm³/mol. The lowest BCUT2D eigenvalue weighted by Crippen LogP contribution is -3.11. The van der Waals surface area contributed by atoms with Crippen molar-refractivity contribution in [1.82, 2.24) is 0 Å². The Balaban J connectivity index is 0. The van der Waals surface area contributed by atoms with Crippen LogP contribution in [-0.4, -0.2) is 31.2 Å². The van der Waals surface area contributed by atoms with Gasteiger partial charge < -0.3 is 10.3 Å². The smallest absolute Gasteiger partial charge is 0.219 e. The SMILES string of the molecule is CC[NH+](CC)CC.N#CC(=C=[N-])N=C(C#N)C#N. The molecule has 0 aliphatic rings. The van der Waals surface area contributed by atoms with Gasteiger partial charge in [-0.15, -0.1) is 0 Å². The largest absolute Gasteiger partial charge is 0.761 e. The first-order valence-electron chi connectivity index (χ1n) is 5.52. The van der Waals surface area contributed by atoms with E-state index in [4.69, 9.17) is 21.2 Å². The molecule has 0 aliphatic carbocycles. The van der Waals surface area contributed by atoms with Crippen LogP contribution < -0.4 is 4.90 Å². The number of nitrogens with zero attached hydrogens (tertiary/aromatic N) is 5. The van der Waals surface area contributed by atoms with Crippen LogP contribution >= 0.6 is 0 Å². The van der Waals surface area contributed by atoms with E-state index in [2.05, 4.69) is 25.8 Å². The lowest BCUT2D eigenvalue weighted by atomic mass is 10.4. The summed E-state index contributed by atoms with van der Waals surface area (Å²) in [5.74, 6) is 1.42. The fourth-order valence-electron chi connectivity index (χ4n) is 1.01. The van der Waals surface area contributed by atoms with Gasteiger partial charge in [0, 0.05) is 0 Å². The maximum absolute atomic E-state index is 8.13. The zero-order chi connectivity index (χ0) is 14.4. The van der Waals surface area contributed by atoms with Crippen molar-refractivity contribution in [1.29, 1.82) is 15.8 Å². The van der Waals surface area contributed by atoms with Gasteiger partial charge in [0.25, 0.3) is 0 Å². The van der Waals surface area contributed by atoms with Crippen molar-refractivity contribution in [3.63, 3.8) is 0 Å². The Bertz CT molecular complexity index is 411. The summed E-state index contributed by atoms with van der Waals surface area (Å²) in [5.41, 5.74) is -0.994. The van der Waals surface area contributed by atoms with Crippen LogP contribution in [0.5, 0.6) is 0 Å². The van der Waals surface area contributed by atoms with Crippen molar-refractivity contribution in [3.05, 3.63) is 11.1 Å². The first kappa shape index (κ1) is 17.9. The van der Waals surface area contributed by atoms with Gasteiger partial charge >= 0.3 is 0 Å². The minimum Gasteiger partial charge on any atom is -0.761 e. The molecule has 6 nitrogen and oxygen atoms in total. The molecule has 0 spiro atoms. The van der Waals surface area contributed by atoms with Crippen LogP contribution in [0.25, 0.3) is 5.41 Å². The fraction of sp³-hybridized carbons (Fsp3) is 0.500. The van der Waals surface area contributed by atoms with Crippen LogP contribution in [0.15, 0.2) is 10.7 Å². The van der Waals surface area contributed by atoms with E-state index in [1.54, 1.807) is 4.90 Å². The molecule has 0 saturated heterocycles. The van der Waals surface area contributed by atoms with Crippen LogP contribution in [0.3, 0.4) is 0 Å². The molecule has 94 valence electrons. The minimum atomic E-state index is -0.497. The van der Waals surface area contributed by atoms with E-state index in [0.717, 1.165) is 0 Å². The quantitative estimate of drug-likeness (QED) is 0.557. The molecule has 0 heterocycles. The average molecular weight is 244 g/mol. The summed E-state index contributed by atoms with van der Waals surface area (Å²) in [6.07, 6.45) is 0. The molecule has 0 bridgehead atoms. The maximum Gasteiger partial charge on any atom is 0.219 e. The summed E-state index contributed by atoms with van der Waals surface area (Å²) in [5, 5.41) is 32.5. The van der Waals surface area contributed by atoms with Gasteiger partial charge in [0.05, 0.1) is 19.6 Å². The first-order chi connectivity index (χ1) is 8.62. The Labute approximate surface area is 108 Å². The second-order valence-electron chi connectivity index (χ2n) is 3.07. The molecule has 18 heavy (non-hydrogen) atoms. The number of hydrogen-bond donors (Lipinski definition) is 1. The van der Waals surface area contributed by atoms with E-state index in [9.17, 15) is 0 Å². The average Bonchev–Trinajstić information content (AvgIpc) is 2.43. The highest BCUT2D eigenvalue weighted by molar-refractivity contribution is 6.11. The number of nitrogens with one attached hydrogen (secondary N) is 1. The van der Waals surface area contributed by atoms with E-state index in [1.807, 2.05) is 0 Å². The Kier molecular flexibility index (Phi) is 12.6. The van der Waals surface area contributed by atoms with Crippen LogP contribution in [0.2, 0.25) is 0 Å². The number of hydrogen-bond acceptors (Lipinski definition) is 4. The Morgan fingerprint density at radius 3 is 1.61 bits per heavy atom. The molecule has 0 fully saturated rings. The monoisotopic (exact) mass is 244 g/mol. The molecule has 0 rings (SSSR count). The molecule has 0 aromatic heterocycles. The molecule has 0 radical (unpaired) electrons. The van der Waals surface area contributed by atoms with Gasteiger partial charge in [0.15, 0.2) is 5.70 Å². The molecule has 6 heteroatoms. The van der Waals surface area contributed by atoms with Crippen molar-refractivity contribution >= 4 is 11.6 Å². The van der Waals surface area contributed by atoms with Crippen molar-refractivity contribution in [2.45, 2.75) is 20.8 Å². The Morgan fingerprint density at radius 2 is 1.44 bits per heavy atom. The first-order valence-corrected chi connectivity index (χ1v) is 5.52. The maximum atomic E-state index is 8.13. The Hall–Kier alpha value is -2.45. The van der Waals surface area contributed by atoms with Gasteiger partial charge in [-0.2, -0.15) is 15.8 Å². The molecule has 0 unspecified atom stereocenters. The second kappa shape index (κ2) is 12.6. The molecule has 0 amide bonds. The molecule has 0 aromatic rings.